The smallest absolute Gasteiger partial charge is 0.303 e. The van der Waals surface area contributed by atoms with Gasteiger partial charge >= 0.3 is 7.82 Å². The molecule has 5 heteroatoms. The quantitative estimate of drug-likeness (QED) is 0.486. The Kier molecular flexibility index (Phi) is 6.84. The first-order valence-electron chi connectivity index (χ1n) is 5.37. The van der Waals surface area contributed by atoms with Crippen LogP contribution in [-0.2, 0) is 9.09 Å². The van der Waals surface area contributed by atoms with Gasteiger partial charge in [0.25, 0.3) is 0 Å². The molecule has 16 heavy (non-hydrogen) atoms. The van der Waals surface area contributed by atoms with Crippen molar-refractivity contribution in [1.29, 1.82) is 0 Å². The van der Waals surface area contributed by atoms with Crippen molar-refractivity contribution in [2.45, 2.75) is 44.6 Å². The van der Waals surface area contributed by atoms with Gasteiger partial charge in [-0.3, -0.25) is 4.52 Å². The molecule has 0 fully saturated rings. The summed E-state index contributed by atoms with van der Waals surface area (Å²) in [6, 6.07) is 0. The maximum absolute atomic E-state index is 11.0. The zero-order chi connectivity index (χ0) is 12.7. The molecule has 0 aromatic carbocycles. The lowest BCUT2D eigenvalue weighted by Crippen LogP contribution is -2.30. The average Bonchev–Trinajstić information content (AvgIpc) is 2.13. The number of hydrogen-bond donors (Lipinski definition) is 2. The molecule has 0 amide bonds. The van der Waals surface area contributed by atoms with Crippen molar-refractivity contribution < 1.29 is 18.9 Å². The van der Waals surface area contributed by atoms with E-state index >= 15 is 0 Å². The van der Waals surface area contributed by atoms with Gasteiger partial charge in [-0.25, -0.2) is 4.57 Å². The molecule has 0 radical (unpaired) electrons. The van der Waals surface area contributed by atoms with Crippen LogP contribution in [0.5, 0.6) is 0 Å². The van der Waals surface area contributed by atoms with Crippen LogP contribution in [0, 0.1) is 0 Å². The molecule has 0 atom stereocenters. The highest BCUT2D eigenvalue weighted by Crippen LogP contribution is 2.46. The summed E-state index contributed by atoms with van der Waals surface area (Å²) in [6.07, 6.45) is 6.44. The second-order valence-electron chi connectivity index (χ2n) is 3.85. The summed E-state index contributed by atoms with van der Waals surface area (Å²) in [6.45, 7) is 9.22. The monoisotopic (exact) mass is 248 g/mol. The van der Waals surface area contributed by atoms with E-state index in [1.165, 1.54) is 0 Å². The highest BCUT2D eigenvalue weighted by Gasteiger charge is 2.35. The van der Waals surface area contributed by atoms with Gasteiger partial charge in [0.05, 0.1) is 5.60 Å². The van der Waals surface area contributed by atoms with E-state index in [4.69, 9.17) is 14.3 Å². The van der Waals surface area contributed by atoms with Crippen molar-refractivity contribution in [2.75, 3.05) is 0 Å². The number of hydrogen-bond acceptors (Lipinski definition) is 2. The minimum absolute atomic E-state index is 0.407. The molecule has 0 saturated heterocycles. The average molecular weight is 248 g/mol. The lowest BCUT2D eigenvalue weighted by molar-refractivity contribution is 0.0291. The predicted octanol–water partition coefficient (Wildman–Crippen LogP) is 3.18. The maximum atomic E-state index is 11.0. The first-order chi connectivity index (χ1) is 7.39. The van der Waals surface area contributed by atoms with E-state index in [0.717, 1.165) is 12.8 Å². The van der Waals surface area contributed by atoms with Crippen molar-refractivity contribution in [3.63, 3.8) is 0 Å². The Hall–Kier alpha value is -0.410. The van der Waals surface area contributed by atoms with Gasteiger partial charge in [-0.1, -0.05) is 31.9 Å². The standard InChI is InChI=1S/C11H21O4P/c1-4-7-10-11(8-5-2,9-6-3)15-16(12,13)14/h5-6H,2-4,7-10H2,1H3,(H2,12,13,14). The van der Waals surface area contributed by atoms with Crippen LogP contribution < -0.4 is 0 Å². The lowest BCUT2D eigenvalue weighted by Gasteiger charge is -2.32. The molecular formula is C11H21O4P. The van der Waals surface area contributed by atoms with E-state index in [9.17, 15) is 4.57 Å². The van der Waals surface area contributed by atoms with Gasteiger partial charge in [0.15, 0.2) is 0 Å². The number of phosphoric ester groups is 1. The van der Waals surface area contributed by atoms with E-state index in [2.05, 4.69) is 13.2 Å². The molecule has 0 unspecified atom stereocenters. The van der Waals surface area contributed by atoms with Gasteiger partial charge in [-0.2, -0.15) is 0 Å². The van der Waals surface area contributed by atoms with Crippen LogP contribution >= 0.6 is 7.82 Å². The van der Waals surface area contributed by atoms with Crippen LogP contribution in [0.4, 0.5) is 0 Å². The summed E-state index contributed by atoms with van der Waals surface area (Å²) in [5, 5.41) is 0. The summed E-state index contributed by atoms with van der Waals surface area (Å²) in [5.74, 6) is 0. The Morgan fingerprint density at radius 3 is 2.12 bits per heavy atom. The molecule has 94 valence electrons. The molecule has 0 aliphatic rings. The first kappa shape index (κ1) is 15.6. The minimum atomic E-state index is -4.48. The van der Waals surface area contributed by atoms with Crippen LogP contribution in [0.3, 0.4) is 0 Å². The molecule has 0 rings (SSSR count). The van der Waals surface area contributed by atoms with Crippen molar-refractivity contribution in [3.8, 4) is 0 Å². The fourth-order valence-electron chi connectivity index (χ4n) is 1.68. The van der Waals surface area contributed by atoms with Gasteiger partial charge in [-0.15, -0.1) is 13.2 Å². The SMILES string of the molecule is C=CCC(CC=C)(CCCC)OP(=O)(O)O. The topological polar surface area (TPSA) is 66.8 Å². The Morgan fingerprint density at radius 1 is 1.31 bits per heavy atom. The summed E-state index contributed by atoms with van der Waals surface area (Å²) in [5.41, 5.74) is -0.863. The minimum Gasteiger partial charge on any atom is -0.303 e. The zero-order valence-electron chi connectivity index (χ0n) is 9.76. The van der Waals surface area contributed by atoms with Crippen molar-refractivity contribution >= 4 is 7.82 Å². The summed E-state index contributed by atoms with van der Waals surface area (Å²) < 4.78 is 15.9. The van der Waals surface area contributed by atoms with Crippen LogP contribution in [0.15, 0.2) is 25.3 Å². The molecular weight excluding hydrogens is 227 g/mol. The van der Waals surface area contributed by atoms with Crippen LogP contribution in [-0.4, -0.2) is 15.4 Å². The van der Waals surface area contributed by atoms with Crippen molar-refractivity contribution in [1.82, 2.24) is 0 Å². The molecule has 0 aliphatic carbocycles. The lowest BCUT2D eigenvalue weighted by atomic mass is 9.90. The molecule has 0 heterocycles. The Balaban J connectivity index is 4.82. The predicted molar refractivity (Wildman–Crippen MR) is 65.0 cm³/mol. The summed E-state index contributed by atoms with van der Waals surface area (Å²) >= 11 is 0. The molecule has 2 N–H and O–H groups in total. The second kappa shape index (κ2) is 7.02. The Morgan fingerprint density at radius 2 is 1.81 bits per heavy atom. The van der Waals surface area contributed by atoms with E-state index in [-0.39, 0.29) is 0 Å². The third kappa shape index (κ3) is 6.23. The highest BCUT2D eigenvalue weighted by molar-refractivity contribution is 7.46. The first-order valence-corrected chi connectivity index (χ1v) is 6.90. The molecule has 0 spiro atoms. The van der Waals surface area contributed by atoms with Gasteiger partial charge in [0.1, 0.15) is 0 Å². The maximum Gasteiger partial charge on any atom is 0.470 e. The Bertz CT molecular complexity index is 259. The van der Waals surface area contributed by atoms with Crippen molar-refractivity contribution in [2.24, 2.45) is 0 Å². The van der Waals surface area contributed by atoms with Gasteiger partial charge in [0.2, 0.25) is 0 Å². The molecule has 0 aromatic heterocycles. The number of rotatable bonds is 9. The fourth-order valence-corrected chi connectivity index (χ4v) is 2.43. The third-order valence-electron chi connectivity index (χ3n) is 2.33. The molecule has 0 aliphatic heterocycles. The zero-order valence-corrected chi connectivity index (χ0v) is 10.7. The van der Waals surface area contributed by atoms with Gasteiger partial charge < -0.3 is 9.79 Å². The van der Waals surface area contributed by atoms with Gasteiger partial charge in [-0.05, 0) is 19.3 Å². The number of unbranched alkanes of at least 4 members (excludes halogenated alkanes) is 1. The summed E-state index contributed by atoms with van der Waals surface area (Å²) in [7, 11) is -4.48. The molecule has 0 aromatic rings. The normalized spacial score (nSPS) is 12.4. The van der Waals surface area contributed by atoms with E-state index in [1.807, 2.05) is 6.92 Å². The Labute approximate surface area is 97.3 Å². The molecule has 0 saturated carbocycles. The largest absolute Gasteiger partial charge is 0.470 e. The third-order valence-corrected chi connectivity index (χ3v) is 2.96. The van der Waals surface area contributed by atoms with Crippen molar-refractivity contribution in [3.05, 3.63) is 25.3 Å². The second-order valence-corrected chi connectivity index (χ2v) is 5.02. The number of phosphoric acid groups is 1. The van der Waals surface area contributed by atoms with E-state index in [0.29, 0.717) is 19.3 Å². The van der Waals surface area contributed by atoms with Crippen LogP contribution in [0.25, 0.3) is 0 Å². The highest BCUT2D eigenvalue weighted by atomic mass is 31.2. The van der Waals surface area contributed by atoms with Gasteiger partial charge in [0, 0.05) is 0 Å². The van der Waals surface area contributed by atoms with Crippen LogP contribution in [0.2, 0.25) is 0 Å². The van der Waals surface area contributed by atoms with E-state index < -0.39 is 13.4 Å². The van der Waals surface area contributed by atoms with E-state index in [1.54, 1.807) is 12.2 Å². The molecule has 0 bridgehead atoms. The van der Waals surface area contributed by atoms with Crippen LogP contribution in [0.1, 0.15) is 39.0 Å². The summed E-state index contributed by atoms with van der Waals surface area (Å²) in [4.78, 5) is 17.9. The molecule has 4 nitrogen and oxygen atoms in total. The fraction of sp³-hybridized carbons (Fsp3) is 0.636.